The van der Waals surface area contributed by atoms with Crippen LogP contribution in [0.3, 0.4) is 0 Å². The molecular formula is C21H25N3O3. The zero-order valence-corrected chi connectivity index (χ0v) is 16.0. The van der Waals surface area contributed by atoms with Crippen LogP contribution in [-0.4, -0.2) is 44.1 Å². The lowest BCUT2D eigenvalue weighted by Crippen LogP contribution is -2.28. The quantitative estimate of drug-likeness (QED) is 0.897. The van der Waals surface area contributed by atoms with Gasteiger partial charge >= 0.3 is 6.09 Å². The molecule has 2 aromatic carbocycles. The maximum Gasteiger partial charge on any atom is 0.418 e. The Morgan fingerprint density at radius 1 is 1.07 bits per heavy atom. The molecular weight excluding hydrogens is 342 g/mol. The summed E-state index contributed by atoms with van der Waals surface area (Å²) in [4.78, 5) is 28.3. The second kappa shape index (κ2) is 8.22. The van der Waals surface area contributed by atoms with Crippen LogP contribution in [0.1, 0.15) is 18.1 Å². The second-order valence-corrected chi connectivity index (χ2v) is 6.79. The zero-order valence-electron chi connectivity index (χ0n) is 16.0. The number of benzene rings is 2. The summed E-state index contributed by atoms with van der Waals surface area (Å²) in [5.74, 6) is -0.100. The molecule has 0 saturated heterocycles. The largest absolute Gasteiger partial charge is 0.449 e. The average molecular weight is 367 g/mol. The molecule has 2 amide bonds. The number of hydrogen-bond acceptors (Lipinski definition) is 4. The number of aryl methyl sites for hydroxylation is 2. The molecule has 1 aliphatic rings. The minimum absolute atomic E-state index is 0.100. The van der Waals surface area contributed by atoms with E-state index >= 15 is 0 Å². The highest BCUT2D eigenvalue weighted by atomic mass is 16.6. The van der Waals surface area contributed by atoms with Crippen LogP contribution >= 0.6 is 0 Å². The van der Waals surface area contributed by atoms with Crippen LogP contribution in [0.4, 0.5) is 21.9 Å². The number of nitrogens with one attached hydrogen (secondary N) is 1. The Morgan fingerprint density at radius 2 is 1.78 bits per heavy atom. The van der Waals surface area contributed by atoms with Crippen LogP contribution in [-0.2, 0) is 22.4 Å². The summed E-state index contributed by atoms with van der Waals surface area (Å²) >= 11 is 0. The molecule has 0 unspecified atom stereocenters. The van der Waals surface area contributed by atoms with Gasteiger partial charge < -0.3 is 15.0 Å². The van der Waals surface area contributed by atoms with Crippen molar-refractivity contribution in [1.82, 2.24) is 4.90 Å². The Hall–Kier alpha value is -2.86. The monoisotopic (exact) mass is 367 g/mol. The highest BCUT2D eigenvalue weighted by Crippen LogP contribution is 2.38. The van der Waals surface area contributed by atoms with E-state index in [0.29, 0.717) is 18.8 Å². The van der Waals surface area contributed by atoms with Crippen molar-refractivity contribution >= 4 is 29.1 Å². The van der Waals surface area contributed by atoms with Gasteiger partial charge in [-0.2, -0.15) is 0 Å². The first kappa shape index (κ1) is 18.9. The minimum atomic E-state index is -0.412. The Balaban J connectivity index is 2.01. The molecule has 0 saturated carbocycles. The molecule has 0 radical (unpaired) electrons. The van der Waals surface area contributed by atoms with E-state index in [2.05, 4.69) is 5.32 Å². The molecule has 0 fully saturated rings. The summed E-state index contributed by atoms with van der Waals surface area (Å²) in [6.45, 7) is 2.38. The van der Waals surface area contributed by atoms with Crippen LogP contribution < -0.4 is 10.2 Å². The summed E-state index contributed by atoms with van der Waals surface area (Å²) in [6.07, 6.45) is 1.24. The Bertz CT molecular complexity index is 848. The van der Waals surface area contributed by atoms with Crippen LogP contribution in [0.2, 0.25) is 0 Å². The predicted octanol–water partition coefficient (Wildman–Crippen LogP) is 3.58. The Kier molecular flexibility index (Phi) is 5.76. The molecule has 0 aliphatic carbocycles. The van der Waals surface area contributed by atoms with Gasteiger partial charge in [0, 0.05) is 5.69 Å². The van der Waals surface area contributed by atoms with Gasteiger partial charge in [-0.1, -0.05) is 24.3 Å². The van der Waals surface area contributed by atoms with Gasteiger partial charge in [-0.15, -0.1) is 0 Å². The van der Waals surface area contributed by atoms with Crippen LogP contribution in [0, 0.1) is 0 Å². The lowest BCUT2D eigenvalue weighted by molar-refractivity contribution is -0.116. The molecule has 1 aliphatic heterocycles. The number of carbonyl (C=O) groups excluding carboxylic acids is 2. The number of anilines is 3. The van der Waals surface area contributed by atoms with Gasteiger partial charge in [0.15, 0.2) is 0 Å². The third kappa shape index (κ3) is 4.28. The van der Waals surface area contributed by atoms with Gasteiger partial charge in [-0.25, -0.2) is 9.69 Å². The van der Waals surface area contributed by atoms with Crippen LogP contribution in [0.5, 0.6) is 0 Å². The second-order valence-electron chi connectivity index (χ2n) is 6.79. The van der Waals surface area contributed by atoms with Gasteiger partial charge in [0.2, 0.25) is 5.91 Å². The van der Waals surface area contributed by atoms with Crippen LogP contribution in [0.15, 0.2) is 42.5 Å². The van der Waals surface area contributed by atoms with E-state index in [1.165, 1.54) is 0 Å². The molecule has 142 valence electrons. The van der Waals surface area contributed by atoms with Crippen molar-refractivity contribution in [1.29, 1.82) is 0 Å². The maximum absolute atomic E-state index is 12.8. The number of ether oxygens (including phenoxy) is 1. The Labute approximate surface area is 159 Å². The van der Waals surface area contributed by atoms with Crippen molar-refractivity contribution in [2.45, 2.75) is 19.8 Å². The number of nitrogens with zero attached hydrogens (tertiary/aromatic N) is 2. The number of carbonyl (C=O) groups is 2. The first-order valence-corrected chi connectivity index (χ1v) is 9.12. The van der Waals surface area contributed by atoms with E-state index in [-0.39, 0.29) is 5.91 Å². The number of amides is 2. The van der Waals surface area contributed by atoms with Crippen molar-refractivity contribution in [3.63, 3.8) is 0 Å². The third-order valence-electron chi connectivity index (χ3n) is 4.42. The molecule has 1 N–H and O–H groups in total. The predicted molar refractivity (Wildman–Crippen MR) is 107 cm³/mol. The molecule has 27 heavy (non-hydrogen) atoms. The molecule has 6 nitrogen and oxygen atoms in total. The molecule has 0 atom stereocenters. The van der Waals surface area contributed by atoms with Gasteiger partial charge in [0.05, 0.1) is 24.5 Å². The molecule has 3 rings (SSSR count). The fourth-order valence-corrected chi connectivity index (χ4v) is 3.27. The van der Waals surface area contributed by atoms with E-state index in [4.69, 9.17) is 4.74 Å². The van der Waals surface area contributed by atoms with E-state index in [1.807, 2.05) is 56.6 Å². The minimum Gasteiger partial charge on any atom is -0.449 e. The highest BCUT2D eigenvalue weighted by molar-refractivity contribution is 6.00. The number of likely N-dealkylation sites (N-methyl/N-ethyl adjacent to an activating group) is 1. The zero-order chi connectivity index (χ0) is 19.4. The lowest BCUT2D eigenvalue weighted by Gasteiger charge is -2.24. The third-order valence-corrected chi connectivity index (χ3v) is 4.42. The fraction of sp³-hybridized carbons (Fsp3) is 0.333. The van der Waals surface area contributed by atoms with Crippen molar-refractivity contribution in [3.8, 4) is 0 Å². The first-order valence-electron chi connectivity index (χ1n) is 9.12. The van der Waals surface area contributed by atoms with Crippen molar-refractivity contribution in [3.05, 3.63) is 53.6 Å². The molecule has 0 spiro atoms. The smallest absolute Gasteiger partial charge is 0.418 e. The summed E-state index contributed by atoms with van der Waals surface area (Å²) in [5, 5.41) is 2.90. The van der Waals surface area contributed by atoms with E-state index in [0.717, 1.165) is 35.3 Å². The van der Waals surface area contributed by atoms with E-state index < -0.39 is 6.09 Å². The van der Waals surface area contributed by atoms with Crippen molar-refractivity contribution < 1.29 is 14.3 Å². The van der Waals surface area contributed by atoms with E-state index in [1.54, 1.807) is 16.7 Å². The first-order chi connectivity index (χ1) is 13.0. The molecule has 1 heterocycles. The SMILES string of the molecule is CCOC(=O)N1c2ccccc2CCc2ccc(NC(=O)CN(C)C)cc21. The molecule has 2 aromatic rings. The fourth-order valence-electron chi connectivity index (χ4n) is 3.27. The Morgan fingerprint density at radius 3 is 2.48 bits per heavy atom. The average Bonchev–Trinajstić information content (AvgIpc) is 2.77. The van der Waals surface area contributed by atoms with Gasteiger partial charge in [-0.3, -0.25) is 4.79 Å². The summed E-state index contributed by atoms with van der Waals surface area (Å²) in [5.41, 5.74) is 4.38. The number of fused-ring (bicyclic) bond motifs is 2. The topological polar surface area (TPSA) is 61.9 Å². The molecule has 0 aromatic heterocycles. The van der Waals surface area contributed by atoms with Gasteiger partial charge in [0.1, 0.15) is 0 Å². The summed E-state index contributed by atoms with van der Waals surface area (Å²) in [7, 11) is 3.69. The van der Waals surface area contributed by atoms with Crippen molar-refractivity contribution in [2.24, 2.45) is 0 Å². The van der Waals surface area contributed by atoms with Crippen LogP contribution in [0.25, 0.3) is 0 Å². The number of hydrogen-bond donors (Lipinski definition) is 1. The summed E-state index contributed by atoms with van der Waals surface area (Å²) in [6, 6.07) is 13.6. The standard InChI is InChI=1S/C21H25N3O3/c1-4-27-21(26)24-18-8-6-5-7-15(18)9-10-16-11-12-17(13-19(16)24)22-20(25)14-23(2)3/h5-8,11-13H,4,9-10,14H2,1-3H3,(H,22,25). The maximum atomic E-state index is 12.8. The number of rotatable bonds is 4. The van der Waals surface area contributed by atoms with Crippen molar-refractivity contribution in [2.75, 3.05) is 37.5 Å². The molecule has 0 bridgehead atoms. The van der Waals surface area contributed by atoms with Gasteiger partial charge in [0.25, 0.3) is 0 Å². The summed E-state index contributed by atoms with van der Waals surface area (Å²) < 4.78 is 5.32. The lowest BCUT2D eigenvalue weighted by atomic mass is 10.0. The molecule has 6 heteroatoms. The van der Waals surface area contributed by atoms with Gasteiger partial charge in [-0.05, 0) is 63.2 Å². The highest BCUT2D eigenvalue weighted by Gasteiger charge is 2.27. The number of para-hydroxylation sites is 1. The normalized spacial score (nSPS) is 12.8. The van der Waals surface area contributed by atoms with E-state index in [9.17, 15) is 9.59 Å².